The average molecular weight is 297 g/mol. The van der Waals surface area contributed by atoms with Crippen LogP contribution in [0.15, 0.2) is 42.5 Å². The number of para-hydroxylation sites is 2. The van der Waals surface area contributed by atoms with Crippen molar-refractivity contribution in [2.24, 2.45) is 0 Å². The minimum atomic E-state index is -4.87. The maximum atomic E-state index is 13.0. The first-order valence-corrected chi connectivity index (χ1v) is 5.61. The molecular weight excluding hydrogens is 290 g/mol. The maximum absolute atomic E-state index is 13.0. The number of hydrogen-bond donors (Lipinski definition) is 0. The van der Waals surface area contributed by atoms with Gasteiger partial charge in [0.25, 0.3) is 0 Å². The Hall–Kier alpha value is -2.75. The molecule has 0 fully saturated rings. The zero-order valence-corrected chi connectivity index (χ0v) is 10.3. The van der Waals surface area contributed by atoms with Gasteiger partial charge in [-0.2, -0.15) is 5.26 Å². The number of rotatable bonds is 3. The van der Waals surface area contributed by atoms with Crippen LogP contribution in [0.25, 0.3) is 0 Å². The van der Waals surface area contributed by atoms with Gasteiger partial charge in [-0.25, -0.2) is 4.39 Å². The molecule has 0 saturated carbocycles. The van der Waals surface area contributed by atoms with Crippen molar-refractivity contribution in [2.75, 3.05) is 0 Å². The molecule has 3 nitrogen and oxygen atoms in total. The molecule has 0 aromatic heterocycles. The SMILES string of the molecule is N#Cc1cc(F)ccc1Oc1ccccc1OC(F)(F)F. The summed E-state index contributed by atoms with van der Waals surface area (Å²) in [5, 5.41) is 8.87. The van der Waals surface area contributed by atoms with Gasteiger partial charge in [0, 0.05) is 0 Å². The van der Waals surface area contributed by atoms with E-state index in [1.165, 1.54) is 18.2 Å². The molecule has 0 aliphatic heterocycles. The number of ether oxygens (including phenoxy) is 2. The summed E-state index contributed by atoms with van der Waals surface area (Å²) in [6.45, 7) is 0. The lowest BCUT2D eigenvalue weighted by molar-refractivity contribution is -0.275. The Kier molecular flexibility index (Phi) is 3.98. The van der Waals surface area contributed by atoms with Gasteiger partial charge in [-0.1, -0.05) is 12.1 Å². The van der Waals surface area contributed by atoms with Gasteiger partial charge < -0.3 is 9.47 Å². The van der Waals surface area contributed by atoms with E-state index < -0.39 is 17.9 Å². The summed E-state index contributed by atoms with van der Waals surface area (Å²) in [6, 6.07) is 9.88. The van der Waals surface area contributed by atoms with Gasteiger partial charge in [0.2, 0.25) is 0 Å². The molecule has 0 amide bonds. The number of benzene rings is 2. The molecule has 108 valence electrons. The molecular formula is C14H7F4NO2. The minimum Gasteiger partial charge on any atom is -0.452 e. The van der Waals surface area contributed by atoms with Crippen molar-refractivity contribution in [1.82, 2.24) is 0 Å². The lowest BCUT2D eigenvalue weighted by Gasteiger charge is -2.14. The van der Waals surface area contributed by atoms with E-state index >= 15 is 0 Å². The summed E-state index contributed by atoms with van der Waals surface area (Å²) in [6.07, 6.45) is -4.87. The molecule has 21 heavy (non-hydrogen) atoms. The molecule has 0 radical (unpaired) electrons. The van der Waals surface area contributed by atoms with Gasteiger partial charge in [-0.15, -0.1) is 13.2 Å². The molecule has 0 saturated heterocycles. The van der Waals surface area contributed by atoms with Crippen LogP contribution >= 0.6 is 0 Å². The highest BCUT2D eigenvalue weighted by Crippen LogP contribution is 2.35. The normalized spacial score (nSPS) is 10.8. The van der Waals surface area contributed by atoms with E-state index in [0.717, 1.165) is 24.3 Å². The molecule has 0 unspecified atom stereocenters. The van der Waals surface area contributed by atoms with Gasteiger partial charge in [-0.05, 0) is 30.3 Å². The number of hydrogen-bond acceptors (Lipinski definition) is 3. The Morgan fingerprint density at radius 3 is 2.24 bits per heavy atom. The first kappa shape index (κ1) is 14.7. The largest absolute Gasteiger partial charge is 0.573 e. The van der Waals surface area contributed by atoms with Crippen molar-refractivity contribution in [2.45, 2.75) is 6.36 Å². The highest BCUT2D eigenvalue weighted by atomic mass is 19.4. The van der Waals surface area contributed by atoms with Crippen molar-refractivity contribution in [1.29, 1.82) is 5.26 Å². The van der Waals surface area contributed by atoms with Gasteiger partial charge >= 0.3 is 6.36 Å². The van der Waals surface area contributed by atoms with Crippen molar-refractivity contribution in [3.05, 3.63) is 53.8 Å². The number of halogens is 4. The lowest BCUT2D eigenvalue weighted by Crippen LogP contribution is -2.17. The van der Waals surface area contributed by atoms with Crippen LogP contribution in [0.5, 0.6) is 17.2 Å². The second-order valence-electron chi connectivity index (χ2n) is 3.85. The fraction of sp³-hybridized carbons (Fsp3) is 0.0714. The first-order valence-electron chi connectivity index (χ1n) is 5.61. The molecule has 0 heterocycles. The van der Waals surface area contributed by atoms with Crippen LogP contribution in [0.4, 0.5) is 17.6 Å². The molecule has 0 bridgehead atoms. The minimum absolute atomic E-state index is 0.0721. The highest BCUT2D eigenvalue weighted by molar-refractivity contribution is 5.48. The molecule has 7 heteroatoms. The first-order chi connectivity index (χ1) is 9.89. The van der Waals surface area contributed by atoms with Gasteiger partial charge in [0.05, 0.1) is 5.56 Å². The fourth-order valence-electron chi connectivity index (χ4n) is 1.54. The molecule has 0 atom stereocenters. The number of alkyl halides is 3. The van der Waals surface area contributed by atoms with Crippen molar-refractivity contribution in [3.8, 4) is 23.3 Å². The monoisotopic (exact) mass is 297 g/mol. The zero-order valence-electron chi connectivity index (χ0n) is 10.3. The lowest BCUT2D eigenvalue weighted by atomic mass is 10.2. The number of nitriles is 1. The van der Waals surface area contributed by atoms with E-state index in [4.69, 9.17) is 10.00 Å². The standard InChI is InChI=1S/C14H7F4NO2/c15-10-5-6-11(9(7-10)8-19)20-12-3-1-2-4-13(12)21-14(16,17)18/h1-7H. The second kappa shape index (κ2) is 5.71. The summed E-state index contributed by atoms with van der Waals surface area (Å²) < 4.78 is 58.9. The molecule has 2 aromatic carbocycles. The molecule has 0 N–H and O–H groups in total. The third-order valence-corrected chi connectivity index (χ3v) is 2.36. The van der Waals surface area contributed by atoms with Crippen molar-refractivity contribution >= 4 is 0 Å². The topological polar surface area (TPSA) is 42.2 Å². The summed E-state index contributed by atoms with van der Waals surface area (Å²) in [5.74, 6) is -1.52. The van der Waals surface area contributed by atoms with Crippen molar-refractivity contribution < 1.29 is 27.0 Å². The van der Waals surface area contributed by atoms with E-state index in [-0.39, 0.29) is 17.1 Å². The summed E-state index contributed by atoms with van der Waals surface area (Å²) in [4.78, 5) is 0. The fourth-order valence-corrected chi connectivity index (χ4v) is 1.54. The van der Waals surface area contributed by atoms with Gasteiger partial charge in [0.15, 0.2) is 11.5 Å². The quantitative estimate of drug-likeness (QED) is 0.789. The maximum Gasteiger partial charge on any atom is 0.573 e. The summed E-state index contributed by atoms with van der Waals surface area (Å²) in [5.41, 5.74) is -0.142. The van der Waals surface area contributed by atoms with Crippen LogP contribution in [0.1, 0.15) is 5.56 Å². The third kappa shape index (κ3) is 3.86. The number of nitrogens with zero attached hydrogens (tertiary/aromatic N) is 1. The summed E-state index contributed by atoms with van der Waals surface area (Å²) in [7, 11) is 0. The Bertz CT molecular complexity index is 692. The highest BCUT2D eigenvalue weighted by Gasteiger charge is 2.32. The van der Waals surface area contributed by atoms with Gasteiger partial charge in [-0.3, -0.25) is 0 Å². The average Bonchev–Trinajstić information content (AvgIpc) is 2.41. The van der Waals surface area contributed by atoms with E-state index in [1.807, 2.05) is 0 Å². The van der Waals surface area contributed by atoms with Crippen LogP contribution in [0.2, 0.25) is 0 Å². The zero-order chi connectivity index (χ0) is 15.5. The molecule has 0 aliphatic rings. The van der Waals surface area contributed by atoms with E-state index in [1.54, 1.807) is 6.07 Å². The predicted octanol–water partition coefficient (Wildman–Crippen LogP) is 4.39. The second-order valence-corrected chi connectivity index (χ2v) is 3.85. The Morgan fingerprint density at radius 2 is 1.62 bits per heavy atom. The van der Waals surface area contributed by atoms with E-state index in [0.29, 0.717) is 0 Å². The van der Waals surface area contributed by atoms with Crippen LogP contribution in [-0.4, -0.2) is 6.36 Å². The molecule has 0 aliphatic carbocycles. The van der Waals surface area contributed by atoms with Crippen molar-refractivity contribution in [3.63, 3.8) is 0 Å². The molecule has 2 rings (SSSR count). The predicted molar refractivity (Wildman–Crippen MR) is 64.3 cm³/mol. The Labute approximate surface area is 117 Å². The van der Waals surface area contributed by atoms with Crippen LogP contribution in [-0.2, 0) is 0 Å². The smallest absolute Gasteiger partial charge is 0.452 e. The van der Waals surface area contributed by atoms with Crippen LogP contribution < -0.4 is 9.47 Å². The molecule has 0 spiro atoms. The van der Waals surface area contributed by atoms with Crippen LogP contribution in [0.3, 0.4) is 0 Å². The molecule has 2 aromatic rings. The third-order valence-electron chi connectivity index (χ3n) is 2.36. The van der Waals surface area contributed by atoms with E-state index in [9.17, 15) is 17.6 Å². The Morgan fingerprint density at radius 1 is 0.952 bits per heavy atom. The van der Waals surface area contributed by atoms with E-state index in [2.05, 4.69) is 4.74 Å². The summed E-state index contributed by atoms with van der Waals surface area (Å²) >= 11 is 0. The van der Waals surface area contributed by atoms with Gasteiger partial charge in [0.1, 0.15) is 17.6 Å². The Balaban J connectivity index is 2.35. The van der Waals surface area contributed by atoms with Crippen LogP contribution in [0, 0.1) is 17.1 Å².